The molecule has 0 heterocycles. The zero-order chi connectivity index (χ0) is 16.8. The first-order chi connectivity index (χ1) is 10.5. The van der Waals surface area contributed by atoms with E-state index in [1.165, 1.54) is 57.8 Å². The van der Waals surface area contributed by atoms with Crippen molar-refractivity contribution < 1.29 is 0 Å². The van der Waals surface area contributed by atoms with Crippen LogP contribution in [0.3, 0.4) is 0 Å². The fourth-order valence-corrected chi connectivity index (χ4v) is 5.29. The lowest BCUT2D eigenvalue weighted by molar-refractivity contribution is 0.0281. The lowest BCUT2D eigenvalue weighted by atomic mass is 9.58. The average Bonchev–Trinajstić information content (AvgIpc) is 2.52. The minimum Gasteiger partial charge on any atom is -0.0683 e. The third-order valence-electron chi connectivity index (χ3n) is 7.24. The Labute approximate surface area is 141 Å². The molecule has 0 aromatic carbocycles. The Kier molecular flexibility index (Phi) is 8.50. The molecule has 5 unspecified atom stereocenters. The van der Waals surface area contributed by atoms with Gasteiger partial charge >= 0.3 is 0 Å². The highest BCUT2D eigenvalue weighted by molar-refractivity contribution is 4.91. The zero-order valence-corrected chi connectivity index (χ0v) is 16.8. The fourth-order valence-electron chi connectivity index (χ4n) is 5.29. The van der Waals surface area contributed by atoms with Crippen molar-refractivity contribution >= 4 is 0 Å². The Bertz CT molecular complexity index is 290. The first kappa shape index (κ1) is 20.0. The summed E-state index contributed by atoms with van der Waals surface area (Å²) in [5.74, 6) is 5.12. The summed E-state index contributed by atoms with van der Waals surface area (Å²) in [4.78, 5) is 0. The number of fused-ring (bicyclic) bond motifs is 1. The second-order valence-electron chi connectivity index (χ2n) is 8.63. The molecule has 2 fully saturated rings. The molecule has 0 radical (unpaired) electrons. The quantitative estimate of drug-likeness (QED) is 0.500. The molecule has 0 heteroatoms. The van der Waals surface area contributed by atoms with E-state index >= 15 is 0 Å². The standard InChI is InChI=1S/C20H38.C2H6/c1-6-8-18-16(7-2)11-12-17-10-9-15(3)20(4,5)14-13-19(17)18;1-2/h15-19H,6-14H2,1-5H3;1-2H3. The van der Waals surface area contributed by atoms with Crippen LogP contribution in [0.15, 0.2) is 0 Å². The van der Waals surface area contributed by atoms with Gasteiger partial charge in [-0.05, 0) is 73.5 Å². The van der Waals surface area contributed by atoms with Crippen LogP contribution in [0.5, 0.6) is 0 Å². The van der Waals surface area contributed by atoms with E-state index in [9.17, 15) is 0 Å². The summed E-state index contributed by atoms with van der Waals surface area (Å²) in [5, 5.41) is 0. The summed E-state index contributed by atoms with van der Waals surface area (Å²) in [6.45, 7) is 16.4. The van der Waals surface area contributed by atoms with E-state index in [0.29, 0.717) is 5.41 Å². The van der Waals surface area contributed by atoms with Gasteiger partial charge in [-0.2, -0.15) is 0 Å². The van der Waals surface area contributed by atoms with Gasteiger partial charge in [-0.25, -0.2) is 0 Å². The second kappa shape index (κ2) is 9.33. The monoisotopic (exact) mass is 308 g/mol. The predicted octanol–water partition coefficient (Wildman–Crippen LogP) is 7.72. The minimum atomic E-state index is 0.570. The fraction of sp³-hybridized carbons (Fsp3) is 1.00. The highest BCUT2D eigenvalue weighted by Crippen LogP contribution is 2.50. The van der Waals surface area contributed by atoms with Gasteiger partial charge in [0.25, 0.3) is 0 Å². The molecule has 0 amide bonds. The van der Waals surface area contributed by atoms with Gasteiger partial charge in [-0.15, -0.1) is 0 Å². The molecule has 0 N–H and O–H groups in total. The van der Waals surface area contributed by atoms with Crippen molar-refractivity contribution in [3.8, 4) is 0 Å². The van der Waals surface area contributed by atoms with Crippen molar-refractivity contribution in [2.45, 2.75) is 106 Å². The maximum absolute atomic E-state index is 2.52. The van der Waals surface area contributed by atoms with Gasteiger partial charge < -0.3 is 0 Å². The third kappa shape index (κ3) is 4.75. The summed E-state index contributed by atoms with van der Waals surface area (Å²) in [7, 11) is 0. The van der Waals surface area contributed by atoms with Crippen LogP contribution < -0.4 is 0 Å². The van der Waals surface area contributed by atoms with Crippen molar-refractivity contribution in [3.63, 3.8) is 0 Å². The lowest BCUT2D eigenvalue weighted by Gasteiger charge is -2.47. The molecule has 0 nitrogen and oxygen atoms in total. The van der Waals surface area contributed by atoms with Crippen LogP contribution in [0.4, 0.5) is 0 Å². The second-order valence-corrected chi connectivity index (χ2v) is 8.63. The average molecular weight is 309 g/mol. The Hall–Kier alpha value is 0. The topological polar surface area (TPSA) is 0 Å². The Balaban J connectivity index is 0.00000116. The van der Waals surface area contributed by atoms with E-state index < -0.39 is 0 Å². The largest absolute Gasteiger partial charge is 0.0683 e. The molecule has 132 valence electrons. The van der Waals surface area contributed by atoms with E-state index in [1.807, 2.05) is 13.8 Å². The summed E-state index contributed by atoms with van der Waals surface area (Å²) in [6, 6.07) is 0. The van der Waals surface area contributed by atoms with Crippen molar-refractivity contribution in [1.29, 1.82) is 0 Å². The summed E-state index contributed by atoms with van der Waals surface area (Å²) >= 11 is 0. The Morgan fingerprint density at radius 2 is 1.55 bits per heavy atom. The van der Waals surface area contributed by atoms with E-state index in [4.69, 9.17) is 0 Å². The van der Waals surface area contributed by atoms with Gasteiger partial charge in [0.15, 0.2) is 0 Å². The van der Waals surface area contributed by atoms with E-state index in [0.717, 1.165) is 29.6 Å². The van der Waals surface area contributed by atoms with E-state index in [-0.39, 0.29) is 0 Å². The van der Waals surface area contributed by atoms with E-state index in [2.05, 4.69) is 34.6 Å². The van der Waals surface area contributed by atoms with Crippen LogP contribution in [-0.4, -0.2) is 0 Å². The highest BCUT2D eigenvalue weighted by Gasteiger charge is 2.40. The van der Waals surface area contributed by atoms with Crippen LogP contribution in [0, 0.1) is 35.0 Å². The first-order valence-electron chi connectivity index (χ1n) is 10.5. The highest BCUT2D eigenvalue weighted by atomic mass is 14.5. The Morgan fingerprint density at radius 1 is 0.909 bits per heavy atom. The van der Waals surface area contributed by atoms with Crippen LogP contribution in [-0.2, 0) is 0 Å². The normalized spacial score (nSPS) is 38.0. The van der Waals surface area contributed by atoms with Crippen LogP contribution in [0.25, 0.3) is 0 Å². The molecule has 0 spiro atoms. The SMILES string of the molecule is CC.CCCC1C(CC)CCC2CCC(C)C(C)(C)CCC21. The minimum absolute atomic E-state index is 0.570. The molecule has 2 aliphatic rings. The van der Waals surface area contributed by atoms with Gasteiger partial charge in [0, 0.05) is 0 Å². The van der Waals surface area contributed by atoms with Crippen LogP contribution in [0.2, 0.25) is 0 Å². The molecule has 2 aliphatic carbocycles. The molecule has 2 saturated carbocycles. The summed E-state index contributed by atoms with van der Waals surface area (Å²) in [6.07, 6.45) is 13.4. The van der Waals surface area contributed by atoms with Gasteiger partial charge in [-0.1, -0.05) is 67.7 Å². The molecule has 2 rings (SSSR count). The number of hydrogen-bond acceptors (Lipinski definition) is 0. The predicted molar refractivity (Wildman–Crippen MR) is 101 cm³/mol. The van der Waals surface area contributed by atoms with Crippen molar-refractivity contribution in [3.05, 3.63) is 0 Å². The number of rotatable bonds is 3. The third-order valence-corrected chi connectivity index (χ3v) is 7.24. The van der Waals surface area contributed by atoms with Gasteiger partial charge in [0.2, 0.25) is 0 Å². The van der Waals surface area contributed by atoms with Crippen molar-refractivity contribution in [2.75, 3.05) is 0 Å². The van der Waals surface area contributed by atoms with Gasteiger partial charge in [0.05, 0.1) is 0 Å². The number of hydrogen-bond donors (Lipinski definition) is 0. The molecule has 0 bridgehead atoms. The molecular weight excluding hydrogens is 264 g/mol. The molecule has 0 aromatic heterocycles. The van der Waals surface area contributed by atoms with Gasteiger partial charge in [-0.3, -0.25) is 0 Å². The zero-order valence-electron chi connectivity index (χ0n) is 16.8. The molecule has 0 aliphatic heterocycles. The van der Waals surface area contributed by atoms with E-state index in [1.54, 1.807) is 0 Å². The summed E-state index contributed by atoms with van der Waals surface area (Å²) in [5.41, 5.74) is 0.570. The smallest absolute Gasteiger partial charge is 0.0328 e. The first-order valence-corrected chi connectivity index (χ1v) is 10.5. The van der Waals surface area contributed by atoms with Gasteiger partial charge in [0.1, 0.15) is 0 Å². The van der Waals surface area contributed by atoms with Crippen LogP contribution in [0.1, 0.15) is 106 Å². The molecule has 5 atom stereocenters. The molecular formula is C22H44. The maximum Gasteiger partial charge on any atom is -0.0328 e. The molecule has 22 heavy (non-hydrogen) atoms. The maximum atomic E-state index is 2.52. The molecule has 0 aromatic rings. The van der Waals surface area contributed by atoms with Crippen molar-refractivity contribution in [1.82, 2.24) is 0 Å². The van der Waals surface area contributed by atoms with Crippen LogP contribution >= 0.6 is 0 Å². The summed E-state index contributed by atoms with van der Waals surface area (Å²) < 4.78 is 0. The van der Waals surface area contributed by atoms with Crippen molar-refractivity contribution in [2.24, 2.45) is 35.0 Å². The Morgan fingerprint density at radius 3 is 2.14 bits per heavy atom. The molecule has 0 saturated heterocycles. The lowest BCUT2D eigenvalue weighted by Crippen LogP contribution is -2.38.